The van der Waals surface area contributed by atoms with Crippen LogP contribution in [0.15, 0.2) is 25.0 Å². The molecule has 3 rings (SSSR count). The zero-order valence-electron chi connectivity index (χ0n) is 13.8. The van der Waals surface area contributed by atoms with Crippen molar-refractivity contribution in [3.63, 3.8) is 0 Å². The second kappa shape index (κ2) is 7.71. The topological polar surface area (TPSA) is 115 Å². The molecule has 24 heavy (non-hydrogen) atoms. The summed E-state index contributed by atoms with van der Waals surface area (Å²) in [6.45, 7) is 4.99. The Morgan fingerprint density at radius 3 is 2.71 bits per heavy atom. The van der Waals surface area contributed by atoms with E-state index >= 15 is 0 Å². The lowest BCUT2D eigenvalue weighted by molar-refractivity contribution is -0.127. The molecular formula is C15H22N6O3. The van der Waals surface area contributed by atoms with Crippen molar-refractivity contribution < 1.29 is 14.7 Å². The molecule has 0 saturated heterocycles. The van der Waals surface area contributed by atoms with Gasteiger partial charge in [-0.2, -0.15) is 0 Å². The highest BCUT2D eigenvalue weighted by Crippen LogP contribution is 2.47. The van der Waals surface area contributed by atoms with Crippen LogP contribution in [-0.2, 0) is 22.7 Å². The van der Waals surface area contributed by atoms with Gasteiger partial charge in [0.1, 0.15) is 6.33 Å². The van der Waals surface area contributed by atoms with Gasteiger partial charge >= 0.3 is 0 Å². The van der Waals surface area contributed by atoms with Crippen molar-refractivity contribution in [2.24, 2.45) is 5.41 Å². The highest BCUT2D eigenvalue weighted by atomic mass is 16.3. The van der Waals surface area contributed by atoms with Gasteiger partial charge in [0.15, 0.2) is 5.82 Å². The van der Waals surface area contributed by atoms with Gasteiger partial charge in [-0.1, -0.05) is 0 Å². The van der Waals surface area contributed by atoms with Crippen LogP contribution < -0.4 is 5.32 Å². The number of aromatic nitrogens is 5. The molecule has 0 bridgehead atoms. The van der Waals surface area contributed by atoms with E-state index in [9.17, 15) is 4.79 Å². The minimum Gasteiger partial charge on any atom is -0.483 e. The number of hydrogen-bond acceptors (Lipinski definition) is 5. The molecule has 1 amide bonds. The predicted octanol–water partition coefficient (Wildman–Crippen LogP) is 0.853. The maximum Gasteiger partial charge on any atom is 0.290 e. The van der Waals surface area contributed by atoms with E-state index in [2.05, 4.69) is 34.3 Å². The van der Waals surface area contributed by atoms with Crippen LogP contribution in [0.5, 0.6) is 0 Å². The number of amides is 1. The van der Waals surface area contributed by atoms with E-state index in [0.29, 0.717) is 13.1 Å². The number of nitrogens with zero attached hydrogens (tertiary/aromatic N) is 5. The number of hydrogen-bond donors (Lipinski definition) is 2. The molecule has 9 heteroatoms. The summed E-state index contributed by atoms with van der Waals surface area (Å²) in [5, 5.41) is 17.9. The van der Waals surface area contributed by atoms with Gasteiger partial charge in [0, 0.05) is 25.0 Å². The van der Waals surface area contributed by atoms with E-state index in [-0.39, 0.29) is 23.8 Å². The summed E-state index contributed by atoms with van der Waals surface area (Å²) >= 11 is 0. The summed E-state index contributed by atoms with van der Waals surface area (Å²) in [5.41, 5.74) is -0.274. The minimum atomic E-state index is -0.274. The summed E-state index contributed by atoms with van der Waals surface area (Å²) in [5.74, 6) is 0.881. The van der Waals surface area contributed by atoms with Gasteiger partial charge in [0.05, 0.1) is 18.3 Å². The van der Waals surface area contributed by atoms with Crippen LogP contribution in [0, 0.1) is 5.41 Å². The fourth-order valence-electron chi connectivity index (χ4n) is 2.51. The number of rotatable bonds is 6. The molecule has 0 aromatic carbocycles. The number of imidazole rings is 1. The quantitative estimate of drug-likeness (QED) is 0.757. The first-order valence-electron chi connectivity index (χ1n) is 7.72. The van der Waals surface area contributed by atoms with E-state index in [1.165, 1.54) is 0 Å². The lowest BCUT2D eigenvalue weighted by Crippen LogP contribution is -2.35. The van der Waals surface area contributed by atoms with Crippen LogP contribution >= 0.6 is 0 Å². The number of carbonyl (C=O) groups is 2. The van der Waals surface area contributed by atoms with Crippen molar-refractivity contribution in [2.45, 2.75) is 45.8 Å². The zero-order chi connectivity index (χ0) is 17.6. The molecular weight excluding hydrogens is 312 g/mol. The molecule has 0 atom stereocenters. The number of carbonyl (C=O) groups excluding carboxylic acids is 1. The predicted molar refractivity (Wildman–Crippen MR) is 84.8 cm³/mol. The monoisotopic (exact) mass is 334 g/mol. The molecule has 1 aliphatic rings. The van der Waals surface area contributed by atoms with Crippen molar-refractivity contribution in [3.05, 3.63) is 30.9 Å². The minimum absolute atomic E-state index is 0.0921. The SMILES string of the molecule is CC(C)n1cnnc1CNC(=O)C1(Cn2ccnc2)CC1.O=CO. The van der Waals surface area contributed by atoms with Gasteiger partial charge in [-0.05, 0) is 26.7 Å². The fraction of sp³-hybridized carbons (Fsp3) is 0.533. The molecule has 130 valence electrons. The fourth-order valence-corrected chi connectivity index (χ4v) is 2.51. The number of nitrogens with one attached hydrogen (secondary N) is 1. The summed E-state index contributed by atoms with van der Waals surface area (Å²) in [6, 6.07) is 0.285. The van der Waals surface area contributed by atoms with E-state index in [0.717, 1.165) is 18.7 Å². The smallest absolute Gasteiger partial charge is 0.290 e. The molecule has 1 fully saturated rings. The van der Waals surface area contributed by atoms with Crippen LogP contribution in [0.2, 0.25) is 0 Å². The van der Waals surface area contributed by atoms with Crippen LogP contribution in [0.3, 0.4) is 0 Å². The van der Waals surface area contributed by atoms with E-state index < -0.39 is 0 Å². The average Bonchev–Trinajstić information content (AvgIpc) is 2.96. The maximum absolute atomic E-state index is 12.4. The van der Waals surface area contributed by atoms with Gasteiger partial charge in [-0.15, -0.1) is 10.2 Å². The van der Waals surface area contributed by atoms with Gasteiger partial charge in [0.25, 0.3) is 6.47 Å². The van der Waals surface area contributed by atoms with Gasteiger partial charge < -0.3 is 19.6 Å². The van der Waals surface area contributed by atoms with Gasteiger partial charge in [-0.25, -0.2) is 4.98 Å². The molecule has 2 heterocycles. The zero-order valence-corrected chi connectivity index (χ0v) is 13.8. The Bertz CT molecular complexity index is 661. The van der Waals surface area contributed by atoms with E-state index in [4.69, 9.17) is 9.90 Å². The molecule has 0 aliphatic heterocycles. The van der Waals surface area contributed by atoms with Crippen molar-refractivity contribution >= 4 is 12.4 Å². The van der Waals surface area contributed by atoms with E-state index in [1.54, 1.807) is 18.9 Å². The molecule has 9 nitrogen and oxygen atoms in total. The second-order valence-electron chi connectivity index (χ2n) is 6.05. The Morgan fingerprint density at radius 1 is 1.46 bits per heavy atom. The van der Waals surface area contributed by atoms with Gasteiger partial charge in [0.2, 0.25) is 5.91 Å². The third kappa shape index (κ3) is 4.18. The van der Waals surface area contributed by atoms with Crippen LogP contribution in [-0.4, -0.2) is 41.8 Å². The summed E-state index contributed by atoms with van der Waals surface area (Å²) < 4.78 is 3.93. The average molecular weight is 334 g/mol. The molecule has 1 aliphatic carbocycles. The van der Waals surface area contributed by atoms with Crippen molar-refractivity contribution in [2.75, 3.05) is 0 Å². The van der Waals surface area contributed by atoms with Crippen LogP contribution in [0.1, 0.15) is 38.6 Å². The van der Waals surface area contributed by atoms with E-state index in [1.807, 2.05) is 15.3 Å². The second-order valence-corrected chi connectivity index (χ2v) is 6.05. The molecule has 1 saturated carbocycles. The van der Waals surface area contributed by atoms with Crippen LogP contribution in [0.25, 0.3) is 0 Å². The first-order valence-corrected chi connectivity index (χ1v) is 7.72. The van der Waals surface area contributed by atoms with Gasteiger partial charge in [-0.3, -0.25) is 9.59 Å². The highest BCUT2D eigenvalue weighted by molar-refractivity contribution is 5.85. The standard InChI is InChI=1S/C14H20N6O.CH2O2/c1-11(2)20-10-17-18-12(20)7-16-13(21)14(3-4-14)8-19-6-5-15-9-19;2-1-3/h5-6,9-11H,3-4,7-8H2,1-2H3,(H,16,21);1H,(H,2,3). The van der Waals surface area contributed by atoms with Crippen molar-refractivity contribution in [3.8, 4) is 0 Å². The molecule has 2 aromatic heterocycles. The van der Waals surface area contributed by atoms with Crippen molar-refractivity contribution in [1.82, 2.24) is 29.6 Å². The molecule has 2 N–H and O–H groups in total. The molecule has 0 spiro atoms. The maximum atomic E-state index is 12.4. The summed E-state index contributed by atoms with van der Waals surface area (Å²) in [4.78, 5) is 24.8. The van der Waals surface area contributed by atoms with Crippen LogP contribution in [0.4, 0.5) is 0 Å². The lowest BCUT2D eigenvalue weighted by Gasteiger charge is -2.16. The molecule has 0 radical (unpaired) electrons. The summed E-state index contributed by atoms with van der Waals surface area (Å²) in [7, 11) is 0. The van der Waals surface area contributed by atoms with Crippen molar-refractivity contribution in [1.29, 1.82) is 0 Å². The number of carboxylic acid groups (broad SMARTS) is 1. The largest absolute Gasteiger partial charge is 0.483 e. The Kier molecular flexibility index (Phi) is 5.67. The molecule has 0 unspecified atom stereocenters. The highest BCUT2D eigenvalue weighted by Gasteiger charge is 2.49. The first-order chi connectivity index (χ1) is 11.5. The third-order valence-electron chi connectivity index (χ3n) is 3.99. The third-order valence-corrected chi connectivity index (χ3v) is 3.99. The Labute approximate surface area is 139 Å². The lowest BCUT2D eigenvalue weighted by atomic mass is 10.1. The first kappa shape index (κ1) is 17.6. The molecule has 2 aromatic rings. The Morgan fingerprint density at radius 2 is 2.17 bits per heavy atom. The normalized spacial score (nSPS) is 14.6. The Balaban J connectivity index is 0.000000647. The summed E-state index contributed by atoms with van der Waals surface area (Å²) in [6.07, 6.45) is 8.93. The Hall–Kier alpha value is -2.71.